The number of hydrogen-bond acceptors (Lipinski definition) is 4. The minimum atomic E-state index is -2.97. The maximum atomic E-state index is 11.6. The quantitative estimate of drug-likeness (QED) is 0.717. The van der Waals surface area contributed by atoms with Gasteiger partial charge in [-0.15, -0.1) is 0 Å². The van der Waals surface area contributed by atoms with Crippen LogP contribution in [0.25, 0.3) is 0 Å². The highest BCUT2D eigenvalue weighted by Gasteiger charge is 2.32. The van der Waals surface area contributed by atoms with E-state index < -0.39 is 21.1 Å². The van der Waals surface area contributed by atoms with Crippen LogP contribution in [0.15, 0.2) is 0 Å². The fourth-order valence-corrected chi connectivity index (χ4v) is 4.02. The minimum absolute atomic E-state index is 0.209. The SMILES string of the molecule is N[C@@H](CC1CC1)C(=O)NCC1CCCS1(=O)=O. The molecule has 0 aromatic carbocycles. The molecule has 1 aliphatic heterocycles. The lowest BCUT2D eigenvalue weighted by Crippen LogP contribution is -2.44. The van der Waals surface area contributed by atoms with Crippen LogP contribution in [0.5, 0.6) is 0 Å². The third-order valence-electron chi connectivity index (χ3n) is 3.59. The van der Waals surface area contributed by atoms with E-state index in [4.69, 9.17) is 5.73 Å². The molecule has 1 saturated heterocycles. The number of nitrogens with one attached hydrogen (secondary N) is 1. The molecule has 2 atom stereocenters. The van der Waals surface area contributed by atoms with E-state index in [0.717, 1.165) is 19.3 Å². The predicted molar refractivity (Wildman–Crippen MR) is 65.1 cm³/mol. The average Bonchev–Trinajstić information content (AvgIpc) is 2.99. The molecule has 1 amide bonds. The molecule has 2 fully saturated rings. The van der Waals surface area contributed by atoms with E-state index in [9.17, 15) is 13.2 Å². The lowest BCUT2D eigenvalue weighted by molar-refractivity contribution is -0.122. The second kappa shape index (κ2) is 4.94. The zero-order valence-electron chi connectivity index (χ0n) is 9.89. The van der Waals surface area contributed by atoms with Gasteiger partial charge < -0.3 is 11.1 Å². The third-order valence-corrected chi connectivity index (χ3v) is 5.86. The highest BCUT2D eigenvalue weighted by molar-refractivity contribution is 7.92. The van der Waals surface area contributed by atoms with Crippen molar-refractivity contribution in [2.75, 3.05) is 12.3 Å². The standard InChI is InChI=1S/C11H20N2O3S/c12-10(6-8-3-4-8)11(14)13-7-9-2-1-5-17(9,15)16/h8-10H,1-7,12H2,(H,13,14)/t9?,10-/m0/s1. The summed E-state index contributed by atoms with van der Waals surface area (Å²) in [5.41, 5.74) is 5.75. The van der Waals surface area contributed by atoms with Crippen molar-refractivity contribution in [3.63, 3.8) is 0 Å². The van der Waals surface area contributed by atoms with Crippen LogP contribution < -0.4 is 11.1 Å². The van der Waals surface area contributed by atoms with Gasteiger partial charge in [-0.1, -0.05) is 12.8 Å². The first-order valence-electron chi connectivity index (χ1n) is 6.24. The van der Waals surface area contributed by atoms with Gasteiger partial charge in [-0.25, -0.2) is 8.42 Å². The van der Waals surface area contributed by atoms with Gasteiger partial charge in [0.1, 0.15) is 0 Å². The second-order valence-electron chi connectivity index (χ2n) is 5.16. The summed E-state index contributed by atoms with van der Waals surface area (Å²) >= 11 is 0. The maximum absolute atomic E-state index is 11.6. The number of carbonyl (C=O) groups excluding carboxylic acids is 1. The van der Waals surface area contributed by atoms with Crippen LogP contribution in [0.4, 0.5) is 0 Å². The van der Waals surface area contributed by atoms with Gasteiger partial charge in [0.2, 0.25) is 5.91 Å². The number of hydrogen-bond donors (Lipinski definition) is 2. The Labute approximate surface area is 102 Å². The van der Waals surface area contributed by atoms with Crippen molar-refractivity contribution in [3.05, 3.63) is 0 Å². The second-order valence-corrected chi connectivity index (χ2v) is 7.56. The zero-order valence-corrected chi connectivity index (χ0v) is 10.7. The number of sulfone groups is 1. The fraction of sp³-hybridized carbons (Fsp3) is 0.909. The minimum Gasteiger partial charge on any atom is -0.353 e. The largest absolute Gasteiger partial charge is 0.353 e. The molecule has 6 heteroatoms. The Balaban J connectivity index is 1.75. The smallest absolute Gasteiger partial charge is 0.236 e. The summed E-state index contributed by atoms with van der Waals surface area (Å²) in [4.78, 5) is 11.6. The van der Waals surface area contributed by atoms with E-state index in [1.165, 1.54) is 0 Å². The van der Waals surface area contributed by atoms with Crippen molar-refractivity contribution in [2.24, 2.45) is 11.7 Å². The highest BCUT2D eigenvalue weighted by Crippen LogP contribution is 2.33. The molecule has 0 spiro atoms. The van der Waals surface area contributed by atoms with Crippen molar-refractivity contribution >= 4 is 15.7 Å². The van der Waals surface area contributed by atoms with Gasteiger partial charge >= 0.3 is 0 Å². The first-order valence-corrected chi connectivity index (χ1v) is 7.95. The van der Waals surface area contributed by atoms with Gasteiger partial charge in [0.25, 0.3) is 0 Å². The molecule has 0 radical (unpaired) electrons. The highest BCUT2D eigenvalue weighted by atomic mass is 32.2. The number of rotatable bonds is 5. The Morgan fingerprint density at radius 1 is 1.35 bits per heavy atom. The molecule has 1 aliphatic carbocycles. The van der Waals surface area contributed by atoms with Crippen LogP contribution in [0, 0.1) is 5.92 Å². The van der Waals surface area contributed by atoms with Gasteiger partial charge in [0.05, 0.1) is 17.0 Å². The summed E-state index contributed by atoms with van der Waals surface area (Å²) in [6, 6.07) is -0.480. The molecule has 0 aromatic rings. The van der Waals surface area contributed by atoms with E-state index in [0.29, 0.717) is 18.8 Å². The molecule has 1 saturated carbocycles. The predicted octanol–water partition coefficient (Wildman–Crippen LogP) is -0.193. The molecular weight excluding hydrogens is 240 g/mol. The van der Waals surface area contributed by atoms with Gasteiger partial charge in [-0.3, -0.25) is 4.79 Å². The molecule has 5 nitrogen and oxygen atoms in total. The van der Waals surface area contributed by atoms with Crippen LogP contribution in [0.1, 0.15) is 32.1 Å². The normalized spacial score (nSPS) is 28.9. The monoisotopic (exact) mass is 260 g/mol. The Morgan fingerprint density at radius 2 is 2.06 bits per heavy atom. The molecule has 2 rings (SSSR count). The molecule has 2 aliphatic rings. The van der Waals surface area contributed by atoms with Crippen molar-refractivity contribution in [1.29, 1.82) is 0 Å². The Hall–Kier alpha value is -0.620. The lowest BCUT2D eigenvalue weighted by Gasteiger charge is -2.14. The molecular formula is C11H20N2O3S. The summed E-state index contributed by atoms with van der Waals surface area (Å²) in [6.07, 6.45) is 4.41. The number of carbonyl (C=O) groups is 1. The van der Waals surface area contributed by atoms with Crippen molar-refractivity contribution in [3.8, 4) is 0 Å². The number of amides is 1. The van der Waals surface area contributed by atoms with Gasteiger partial charge in [-0.05, 0) is 25.2 Å². The molecule has 1 unspecified atom stereocenters. The van der Waals surface area contributed by atoms with Crippen LogP contribution in [0.2, 0.25) is 0 Å². The summed E-state index contributed by atoms with van der Waals surface area (Å²) in [5, 5.41) is 2.27. The first-order chi connectivity index (χ1) is 7.99. The van der Waals surface area contributed by atoms with Crippen molar-refractivity contribution in [1.82, 2.24) is 5.32 Å². The molecule has 0 bridgehead atoms. The van der Waals surface area contributed by atoms with E-state index in [2.05, 4.69) is 5.32 Å². The maximum Gasteiger partial charge on any atom is 0.236 e. The fourth-order valence-electron chi connectivity index (χ4n) is 2.25. The van der Waals surface area contributed by atoms with Gasteiger partial charge in [-0.2, -0.15) is 0 Å². The van der Waals surface area contributed by atoms with Crippen molar-refractivity contribution < 1.29 is 13.2 Å². The van der Waals surface area contributed by atoms with Crippen LogP contribution in [0.3, 0.4) is 0 Å². The van der Waals surface area contributed by atoms with Crippen LogP contribution in [-0.4, -0.2) is 37.9 Å². The molecule has 17 heavy (non-hydrogen) atoms. The molecule has 98 valence electrons. The summed E-state index contributed by atoms with van der Waals surface area (Å²) in [6.45, 7) is 0.222. The van der Waals surface area contributed by atoms with Crippen molar-refractivity contribution in [2.45, 2.75) is 43.4 Å². The average molecular weight is 260 g/mol. The summed E-state index contributed by atoms with van der Waals surface area (Å²) < 4.78 is 23.1. The Bertz CT molecular complexity index is 390. The Kier molecular flexibility index (Phi) is 3.73. The summed E-state index contributed by atoms with van der Waals surface area (Å²) in [5.74, 6) is 0.645. The summed E-state index contributed by atoms with van der Waals surface area (Å²) in [7, 11) is -2.97. The zero-order chi connectivity index (χ0) is 12.5. The van der Waals surface area contributed by atoms with Gasteiger partial charge in [0, 0.05) is 6.54 Å². The first kappa shape index (κ1) is 12.8. The van der Waals surface area contributed by atoms with E-state index >= 15 is 0 Å². The van der Waals surface area contributed by atoms with E-state index in [-0.39, 0.29) is 18.2 Å². The lowest BCUT2D eigenvalue weighted by atomic mass is 10.1. The van der Waals surface area contributed by atoms with Gasteiger partial charge in [0.15, 0.2) is 9.84 Å². The van der Waals surface area contributed by atoms with E-state index in [1.807, 2.05) is 0 Å². The molecule has 3 N–H and O–H groups in total. The number of nitrogens with two attached hydrogens (primary N) is 1. The molecule has 1 heterocycles. The Morgan fingerprint density at radius 3 is 2.59 bits per heavy atom. The topological polar surface area (TPSA) is 89.3 Å². The van der Waals surface area contributed by atoms with E-state index in [1.54, 1.807) is 0 Å². The van der Waals surface area contributed by atoms with Crippen LogP contribution in [-0.2, 0) is 14.6 Å². The molecule has 0 aromatic heterocycles. The van der Waals surface area contributed by atoms with Crippen LogP contribution >= 0.6 is 0 Å². The third kappa shape index (κ3) is 3.42.